The number of carbonyl (C=O) groups is 3. The molecule has 2 atom stereocenters. The molecule has 2 saturated heterocycles. The predicted octanol–water partition coefficient (Wildman–Crippen LogP) is 1.09. The van der Waals surface area contributed by atoms with Gasteiger partial charge in [0.1, 0.15) is 11.4 Å². The minimum absolute atomic E-state index is 0.126. The van der Waals surface area contributed by atoms with Crippen LogP contribution in [0.1, 0.15) is 5.69 Å². The van der Waals surface area contributed by atoms with Gasteiger partial charge in [-0.15, -0.1) is 23.1 Å². The van der Waals surface area contributed by atoms with Gasteiger partial charge < -0.3 is 31.2 Å². The standard InChI is InChI=1S/C22H20N6O5S2/c23-22-25-15(10-35-22)16(26-33)18(29)24-14-8-28-17(21(31)32)12(9-34-20(14)28)6-11-7-27(19(11)30)13-4-2-1-3-5-13/h1-6,10,14,20,33H,7-9H2,(H2,23,25)(H,24,29)(H,31,32)/b11-6-,26-16-/t14-,20-/m1/s1. The molecule has 1 aromatic carbocycles. The summed E-state index contributed by atoms with van der Waals surface area (Å²) in [5.41, 5.74) is 7.53. The van der Waals surface area contributed by atoms with Crippen molar-refractivity contribution in [2.24, 2.45) is 5.16 Å². The predicted molar refractivity (Wildman–Crippen MR) is 131 cm³/mol. The second kappa shape index (κ2) is 9.07. The molecule has 0 bridgehead atoms. The molecule has 4 heterocycles. The maximum absolute atomic E-state index is 12.6. The Balaban J connectivity index is 1.28. The Labute approximate surface area is 207 Å². The van der Waals surface area contributed by atoms with E-state index in [2.05, 4.69) is 15.5 Å². The van der Waals surface area contributed by atoms with Crippen LogP contribution in [0.2, 0.25) is 0 Å². The number of carbonyl (C=O) groups excluding carboxylic acids is 2. The minimum Gasteiger partial charge on any atom is -0.477 e. The first-order valence-corrected chi connectivity index (χ1v) is 12.5. The van der Waals surface area contributed by atoms with Crippen molar-refractivity contribution in [1.82, 2.24) is 15.2 Å². The lowest BCUT2D eigenvalue weighted by Crippen LogP contribution is -2.67. The van der Waals surface area contributed by atoms with Gasteiger partial charge in [-0.25, -0.2) is 9.78 Å². The van der Waals surface area contributed by atoms with E-state index in [0.29, 0.717) is 23.4 Å². The van der Waals surface area contributed by atoms with E-state index in [-0.39, 0.29) is 46.1 Å². The van der Waals surface area contributed by atoms with Gasteiger partial charge in [-0.2, -0.15) is 0 Å². The Morgan fingerprint density at radius 1 is 1.29 bits per heavy atom. The summed E-state index contributed by atoms with van der Waals surface area (Å²) in [6, 6.07) is 8.93. The first kappa shape index (κ1) is 22.9. The normalized spacial score (nSPS) is 23.0. The number of carboxylic acid groups (broad SMARTS) is 1. The fourth-order valence-electron chi connectivity index (χ4n) is 4.20. The molecule has 0 radical (unpaired) electrons. The number of allylic oxidation sites excluding steroid dienone is 1. The molecule has 0 unspecified atom stereocenters. The lowest BCUT2D eigenvalue weighted by molar-refractivity contribution is -0.135. The average Bonchev–Trinajstić information content (AvgIpc) is 3.26. The Bertz CT molecular complexity index is 1300. The van der Waals surface area contributed by atoms with E-state index in [0.717, 1.165) is 17.0 Å². The number of benzene rings is 1. The number of nitrogens with one attached hydrogen (secondary N) is 1. The van der Waals surface area contributed by atoms with Gasteiger partial charge in [-0.1, -0.05) is 23.4 Å². The maximum atomic E-state index is 12.6. The molecule has 13 heteroatoms. The summed E-state index contributed by atoms with van der Waals surface area (Å²) in [5, 5.41) is 26.5. The van der Waals surface area contributed by atoms with Crippen molar-refractivity contribution in [3.8, 4) is 0 Å². The number of hydrogen-bond acceptors (Lipinski definition) is 10. The zero-order chi connectivity index (χ0) is 24.7. The molecule has 3 aliphatic heterocycles. The number of thiazole rings is 1. The zero-order valence-corrected chi connectivity index (χ0v) is 19.8. The smallest absolute Gasteiger partial charge is 0.352 e. The molecule has 180 valence electrons. The number of carboxylic acids is 1. The number of aromatic nitrogens is 1. The highest BCUT2D eigenvalue weighted by Gasteiger charge is 2.47. The third kappa shape index (κ3) is 4.12. The summed E-state index contributed by atoms with van der Waals surface area (Å²) in [5.74, 6) is -1.49. The lowest BCUT2D eigenvalue weighted by atomic mass is 9.99. The van der Waals surface area contributed by atoms with Crippen molar-refractivity contribution in [3.63, 3.8) is 0 Å². The number of nitrogen functional groups attached to an aromatic ring is 1. The highest BCUT2D eigenvalue weighted by Crippen LogP contribution is 2.40. The number of amides is 2. The van der Waals surface area contributed by atoms with Gasteiger partial charge in [-0.05, 0) is 23.8 Å². The van der Waals surface area contributed by atoms with Crippen molar-refractivity contribution < 1.29 is 24.7 Å². The molecular weight excluding hydrogens is 492 g/mol. The summed E-state index contributed by atoms with van der Waals surface area (Å²) < 4.78 is 0. The van der Waals surface area contributed by atoms with Crippen LogP contribution >= 0.6 is 23.1 Å². The number of aliphatic carboxylic acids is 1. The van der Waals surface area contributed by atoms with Crippen LogP contribution in [-0.4, -0.2) is 74.0 Å². The van der Waals surface area contributed by atoms with Crippen LogP contribution in [0.3, 0.4) is 0 Å². The molecule has 11 nitrogen and oxygen atoms in total. The molecule has 0 aliphatic carbocycles. The number of anilines is 2. The van der Waals surface area contributed by atoms with E-state index < -0.39 is 11.9 Å². The molecule has 0 spiro atoms. The number of para-hydroxylation sites is 1. The molecule has 1 aromatic heterocycles. The van der Waals surface area contributed by atoms with Crippen molar-refractivity contribution in [2.45, 2.75) is 11.4 Å². The Morgan fingerprint density at radius 3 is 2.69 bits per heavy atom. The SMILES string of the molecule is Nc1nc(/C(=N/O)C(=O)N[C@@H]2CN3C(C(=O)O)=C(/C=C4/CN(c5ccccc5)C4=O)CS[C@H]23)cs1. The van der Waals surface area contributed by atoms with Gasteiger partial charge in [-0.3, -0.25) is 9.59 Å². The van der Waals surface area contributed by atoms with E-state index in [1.807, 2.05) is 30.3 Å². The topological polar surface area (TPSA) is 161 Å². The first-order chi connectivity index (χ1) is 16.9. The second-order valence-electron chi connectivity index (χ2n) is 8.03. The highest BCUT2D eigenvalue weighted by atomic mass is 32.2. The molecule has 3 aliphatic rings. The van der Waals surface area contributed by atoms with Gasteiger partial charge in [0.25, 0.3) is 11.8 Å². The van der Waals surface area contributed by atoms with E-state index in [1.165, 1.54) is 17.1 Å². The van der Waals surface area contributed by atoms with Crippen LogP contribution in [0.4, 0.5) is 10.8 Å². The summed E-state index contributed by atoms with van der Waals surface area (Å²) in [6.45, 7) is 0.677. The Morgan fingerprint density at radius 2 is 2.06 bits per heavy atom. The van der Waals surface area contributed by atoms with Gasteiger partial charge >= 0.3 is 5.97 Å². The molecule has 2 aromatic rings. The van der Waals surface area contributed by atoms with Gasteiger partial charge in [0, 0.05) is 28.9 Å². The van der Waals surface area contributed by atoms with E-state index in [4.69, 9.17) is 5.73 Å². The summed E-state index contributed by atoms with van der Waals surface area (Å²) >= 11 is 2.59. The number of oxime groups is 1. The summed E-state index contributed by atoms with van der Waals surface area (Å²) in [4.78, 5) is 44.6. The Hall–Kier alpha value is -3.84. The van der Waals surface area contributed by atoms with Gasteiger partial charge in [0.2, 0.25) is 0 Å². The maximum Gasteiger partial charge on any atom is 0.352 e. The van der Waals surface area contributed by atoms with Crippen LogP contribution in [0.25, 0.3) is 0 Å². The van der Waals surface area contributed by atoms with Gasteiger partial charge in [0.05, 0.1) is 18.0 Å². The van der Waals surface area contributed by atoms with Crippen LogP contribution in [-0.2, 0) is 14.4 Å². The van der Waals surface area contributed by atoms with Crippen LogP contribution in [0, 0.1) is 0 Å². The number of nitrogens with zero attached hydrogens (tertiary/aromatic N) is 4. The number of nitrogens with two attached hydrogens (primary N) is 1. The highest BCUT2D eigenvalue weighted by molar-refractivity contribution is 8.00. The third-order valence-corrected chi connectivity index (χ3v) is 7.99. The molecule has 5 N–H and O–H groups in total. The van der Waals surface area contributed by atoms with Crippen molar-refractivity contribution >= 4 is 57.4 Å². The largest absolute Gasteiger partial charge is 0.477 e. The van der Waals surface area contributed by atoms with E-state index >= 15 is 0 Å². The lowest BCUT2D eigenvalue weighted by Gasteiger charge is -2.51. The Kier molecular flexibility index (Phi) is 5.94. The summed E-state index contributed by atoms with van der Waals surface area (Å²) in [7, 11) is 0. The molecule has 2 amide bonds. The second-order valence-corrected chi connectivity index (χ2v) is 10.0. The molecule has 0 saturated carbocycles. The monoisotopic (exact) mass is 512 g/mol. The molecule has 5 rings (SSSR count). The first-order valence-electron chi connectivity index (χ1n) is 10.5. The fourth-order valence-corrected chi connectivity index (χ4v) is 6.07. The van der Waals surface area contributed by atoms with Crippen molar-refractivity contribution in [1.29, 1.82) is 0 Å². The average molecular weight is 513 g/mol. The number of rotatable bonds is 6. The summed E-state index contributed by atoms with van der Waals surface area (Å²) in [6.07, 6.45) is 1.67. The quantitative estimate of drug-likeness (QED) is 0.146. The third-order valence-electron chi connectivity index (χ3n) is 5.91. The number of hydrogen-bond donors (Lipinski definition) is 4. The molecule has 2 fully saturated rings. The van der Waals surface area contributed by atoms with Gasteiger partial charge in [0.15, 0.2) is 10.8 Å². The van der Waals surface area contributed by atoms with Crippen molar-refractivity contribution in [2.75, 3.05) is 29.5 Å². The van der Waals surface area contributed by atoms with E-state index in [1.54, 1.807) is 15.9 Å². The number of thioether (sulfide) groups is 1. The minimum atomic E-state index is -1.09. The van der Waals surface area contributed by atoms with Crippen LogP contribution < -0.4 is 16.0 Å². The van der Waals surface area contributed by atoms with E-state index in [9.17, 15) is 24.7 Å². The van der Waals surface area contributed by atoms with Crippen molar-refractivity contribution in [3.05, 3.63) is 64.3 Å². The molecular formula is C22H20N6O5S2. The van der Waals surface area contributed by atoms with Crippen LogP contribution in [0.5, 0.6) is 0 Å². The van der Waals surface area contributed by atoms with Crippen LogP contribution in [0.15, 0.2) is 63.8 Å². The molecule has 35 heavy (non-hydrogen) atoms. The zero-order valence-electron chi connectivity index (χ0n) is 18.1. The number of β-lactam (4-membered cyclic amide) rings is 1. The number of fused-ring (bicyclic) bond motifs is 1. The fraction of sp³-hybridized carbons (Fsp3) is 0.227.